The topological polar surface area (TPSA) is 52.0 Å². The summed E-state index contributed by atoms with van der Waals surface area (Å²) in [5.74, 6) is 2.38. The number of aromatic nitrogens is 2. The molecule has 86 valence electrons. The van der Waals surface area contributed by atoms with Crippen molar-refractivity contribution in [1.82, 2.24) is 9.55 Å². The lowest BCUT2D eigenvalue weighted by Gasteiger charge is -2.04. The van der Waals surface area contributed by atoms with Gasteiger partial charge >= 0.3 is 0 Å². The molecule has 1 aromatic heterocycles. The van der Waals surface area contributed by atoms with Crippen LogP contribution < -0.4 is 0 Å². The van der Waals surface area contributed by atoms with Gasteiger partial charge in [0.15, 0.2) is 0 Å². The first-order valence-corrected chi connectivity index (χ1v) is 6.34. The van der Waals surface area contributed by atoms with Crippen molar-refractivity contribution in [3.8, 4) is 12.3 Å². The van der Waals surface area contributed by atoms with Crippen molar-refractivity contribution in [1.29, 1.82) is 0 Å². The Morgan fingerprint density at radius 2 is 1.94 bits per heavy atom. The molecule has 0 N–H and O–H groups in total. The van der Waals surface area contributed by atoms with Gasteiger partial charge in [-0.15, -0.1) is 6.42 Å². The molecule has 0 radical (unpaired) electrons. The Morgan fingerprint density at radius 1 is 1.29 bits per heavy atom. The van der Waals surface area contributed by atoms with E-state index in [1.165, 1.54) is 22.9 Å². The zero-order valence-corrected chi connectivity index (χ0v) is 9.98. The molecule has 0 saturated carbocycles. The lowest BCUT2D eigenvalue weighted by atomic mass is 10.4. The molecule has 0 unspecified atom stereocenters. The monoisotopic (exact) mass is 246 g/mol. The van der Waals surface area contributed by atoms with Crippen LogP contribution in [-0.2, 0) is 16.9 Å². The van der Waals surface area contributed by atoms with E-state index < -0.39 is 9.84 Å². The van der Waals surface area contributed by atoms with Crippen LogP contribution in [0.2, 0.25) is 0 Å². The fourth-order valence-corrected chi connectivity index (χ4v) is 2.86. The minimum absolute atomic E-state index is 0.0448. The van der Waals surface area contributed by atoms with E-state index in [4.69, 9.17) is 6.42 Å². The van der Waals surface area contributed by atoms with Gasteiger partial charge in [-0.25, -0.2) is 13.4 Å². The van der Waals surface area contributed by atoms with Gasteiger partial charge in [0.1, 0.15) is 5.69 Å². The normalized spacial score (nSPS) is 11.1. The van der Waals surface area contributed by atoms with Gasteiger partial charge < -0.3 is 4.57 Å². The number of terminal acetylenes is 1. The second kappa shape index (κ2) is 4.07. The summed E-state index contributed by atoms with van der Waals surface area (Å²) in [5.41, 5.74) is 0.430. The summed E-state index contributed by atoms with van der Waals surface area (Å²) < 4.78 is 25.9. The third-order valence-electron chi connectivity index (χ3n) is 2.39. The highest BCUT2D eigenvalue weighted by molar-refractivity contribution is 7.91. The molecule has 0 aliphatic heterocycles. The second-order valence-electron chi connectivity index (χ2n) is 3.45. The second-order valence-corrected chi connectivity index (χ2v) is 5.29. The van der Waals surface area contributed by atoms with Crippen molar-refractivity contribution in [2.75, 3.05) is 0 Å². The molecule has 2 aromatic rings. The Kier molecular flexibility index (Phi) is 2.74. The maximum Gasteiger partial charge on any atom is 0.240 e. The van der Waals surface area contributed by atoms with E-state index in [0.29, 0.717) is 5.69 Å². The maximum absolute atomic E-state index is 12.2. The molecule has 0 aliphatic carbocycles. The summed E-state index contributed by atoms with van der Waals surface area (Å²) in [7, 11) is -2.02. The molecule has 0 aliphatic rings. The highest BCUT2D eigenvalue weighted by atomic mass is 32.2. The standard InChI is InChI=1S/C12H10N2O2S/c1-3-10-9-13-12(14(10)2)17(15,16)11-7-5-4-6-8-11/h1,4-9H,2H3. The Bertz CT molecular complexity index is 679. The summed E-state index contributed by atoms with van der Waals surface area (Å²) >= 11 is 0. The number of imidazole rings is 1. The van der Waals surface area contributed by atoms with Crippen LogP contribution in [-0.4, -0.2) is 18.0 Å². The number of nitrogens with zero attached hydrogens (tertiary/aromatic N) is 2. The SMILES string of the molecule is C#Cc1cnc(S(=O)(=O)c2ccccc2)n1C. The molecule has 0 amide bonds. The van der Waals surface area contributed by atoms with E-state index >= 15 is 0 Å². The number of rotatable bonds is 2. The van der Waals surface area contributed by atoms with Crippen LogP contribution in [0.25, 0.3) is 0 Å². The van der Waals surface area contributed by atoms with Gasteiger partial charge in [0.25, 0.3) is 0 Å². The lowest BCUT2D eigenvalue weighted by molar-refractivity contribution is 0.578. The Labute approximate surface area is 99.8 Å². The molecule has 4 nitrogen and oxygen atoms in total. The van der Waals surface area contributed by atoms with Gasteiger partial charge in [-0.1, -0.05) is 24.1 Å². The molecule has 0 fully saturated rings. The molecule has 0 spiro atoms. The van der Waals surface area contributed by atoms with Gasteiger partial charge in [0.05, 0.1) is 11.1 Å². The molecular weight excluding hydrogens is 236 g/mol. The number of sulfone groups is 1. The predicted octanol–water partition coefficient (Wildman–Crippen LogP) is 1.23. The zero-order chi connectivity index (χ0) is 12.5. The fraction of sp³-hybridized carbons (Fsp3) is 0.0833. The molecule has 1 aromatic carbocycles. The van der Waals surface area contributed by atoms with Crippen LogP contribution in [0, 0.1) is 12.3 Å². The van der Waals surface area contributed by atoms with Gasteiger partial charge in [-0.05, 0) is 12.1 Å². The Hall–Kier alpha value is -2.06. The third-order valence-corrected chi connectivity index (χ3v) is 4.14. The average molecular weight is 246 g/mol. The largest absolute Gasteiger partial charge is 0.311 e. The third kappa shape index (κ3) is 1.83. The number of hydrogen-bond acceptors (Lipinski definition) is 3. The van der Waals surface area contributed by atoms with E-state index in [0.717, 1.165) is 0 Å². The van der Waals surface area contributed by atoms with Crippen molar-refractivity contribution in [2.24, 2.45) is 7.05 Å². The highest BCUT2D eigenvalue weighted by Gasteiger charge is 2.23. The van der Waals surface area contributed by atoms with E-state index in [1.807, 2.05) is 0 Å². The lowest BCUT2D eigenvalue weighted by Crippen LogP contribution is -2.09. The van der Waals surface area contributed by atoms with Crippen LogP contribution in [0.15, 0.2) is 46.6 Å². The van der Waals surface area contributed by atoms with E-state index in [-0.39, 0.29) is 10.1 Å². The summed E-state index contributed by atoms with van der Waals surface area (Å²) in [6.07, 6.45) is 6.61. The van der Waals surface area contributed by atoms with Gasteiger partial charge in [0.2, 0.25) is 15.0 Å². The van der Waals surface area contributed by atoms with Crippen molar-refractivity contribution in [3.63, 3.8) is 0 Å². The maximum atomic E-state index is 12.2. The minimum atomic E-state index is -3.60. The molecule has 0 saturated heterocycles. The van der Waals surface area contributed by atoms with E-state index in [2.05, 4.69) is 10.9 Å². The predicted molar refractivity (Wildman–Crippen MR) is 63.0 cm³/mol. The molecule has 0 bridgehead atoms. The smallest absolute Gasteiger partial charge is 0.240 e. The molecule has 0 atom stereocenters. The Balaban J connectivity index is 2.62. The molecule has 17 heavy (non-hydrogen) atoms. The molecule has 5 heteroatoms. The summed E-state index contributed by atoms with van der Waals surface area (Å²) in [6.45, 7) is 0. The molecular formula is C12H10N2O2S. The number of benzene rings is 1. The zero-order valence-electron chi connectivity index (χ0n) is 9.16. The average Bonchev–Trinajstić information content (AvgIpc) is 2.72. The van der Waals surface area contributed by atoms with Gasteiger partial charge in [-0.3, -0.25) is 0 Å². The summed E-state index contributed by atoms with van der Waals surface area (Å²) in [6, 6.07) is 8.14. The van der Waals surface area contributed by atoms with Crippen LogP contribution in [0.5, 0.6) is 0 Å². The molecule has 2 rings (SSSR count). The van der Waals surface area contributed by atoms with Gasteiger partial charge in [-0.2, -0.15) is 0 Å². The summed E-state index contributed by atoms with van der Waals surface area (Å²) in [4.78, 5) is 4.07. The Morgan fingerprint density at radius 3 is 2.47 bits per heavy atom. The highest BCUT2D eigenvalue weighted by Crippen LogP contribution is 2.19. The van der Waals surface area contributed by atoms with Crippen molar-refractivity contribution in [3.05, 3.63) is 42.2 Å². The van der Waals surface area contributed by atoms with Crippen LogP contribution in [0.4, 0.5) is 0 Å². The number of hydrogen-bond donors (Lipinski definition) is 0. The van der Waals surface area contributed by atoms with Gasteiger partial charge in [0, 0.05) is 7.05 Å². The van der Waals surface area contributed by atoms with Crippen LogP contribution in [0.3, 0.4) is 0 Å². The quantitative estimate of drug-likeness (QED) is 0.749. The van der Waals surface area contributed by atoms with Crippen molar-refractivity contribution >= 4 is 9.84 Å². The summed E-state index contributed by atoms with van der Waals surface area (Å²) in [5, 5.41) is -0.0448. The van der Waals surface area contributed by atoms with Crippen molar-refractivity contribution < 1.29 is 8.42 Å². The minimum Gasteiger partial charge on any atom is -0.311 e. The first-order chi connectivity index (χ1) is 8.07. The van der Waals surface area contributed by atoms with Crippen LogP contribution in [0.1, 0.15) is 5.69 Å². The van der Waals surface area contributed by atoms with Crippen LogP contribution >= 0.6 is 0 Å². The first-order valence-electron chi connectivity index (χ1n) is 4.86. The molecule has 1 heterocycles. The first kappa shape index (κ1) is 11.4. The fourth-order valence-electron chi connectivity index (χ4n) is 1.48. The van der Waals surface area contributed by atoms with E-state index in [9.17, 15) is 8.42 Å². The van der Waals surface area contributed by atoms with E-state index in [1.54, 1.807) is 25.2 Å². The van der Waals surface area contributed by atoms with Crippen molar-refractivity contribution in [2.45, 2.75) is 10.1 Å².